The third kappa shape index (κ3) is 3.79. The molecule has 1 amide bonds. The van der Waals surface area contributed by atoms with Crippen molar-refractivity contribution < 1.29 is 9.18 Å². The Balaban J connectivity index is 0.00000176. The van der Waals surface area contributed by atoms with Crippen molar-refractivity contribution in [3.05, 3.63) is 35.1 Å². The van der Waals surface area contributed by atoms with Crippen molar-refractivity contribution >= 4 is 18.3 Å². The highest BCUT2D eigenvalue weighted by Gasteiger charge is 2.28. The fourth-order valence-electron chi connectivity index (χ4n) is 3.59. The highest BCUT2D eigenvalue weighted by atomic mass is 35.5. The highest BCUT2D eigenvalue weighted by molar-refractivity contribution is 5.85. The van der Waals surface area contributed by atoms with Crippen LogP contribution < -0.4 is 10.6 Å². The van der Waals surface area contributed by atoms with Crippen LogP contribution in [0.3, 0.4) is 0 Å². The van der Waals surface area contributed by atoms with Crippen LogP contribution in [-0.4, -0.2) is 18.5 Å². The quantitative estimate of drug-likeness (QED) is 0.876. The molecule has 1 unspecified atom stereocenters. The first kappa shape index (κ1) is 17.2. The zero-order valence-corrected chi connectivity index (χ0v) is 13.7. The Bertz CT molecular complexity index is 537. The molecule has 3 rings (SSSR count). The third-order valence-corrected chi connectivity index (χ3v) is 4.73. The molecule has 0 radical (unpaired) electrons. The number of amides is 1. The molecule has 0 spiro atoms. The monoisotopic (exact) mass is 326 g/mol. The van der Waals surface area contributed by atoms with Gasteiger partial charge in [0.25, 0.3) is 0 Å². The largest absolute Gasteiger partial charge is 0.349 e. The van der Waals surface area contributed by atoms with E-state index in [1.807, 2.05) is 6.07 Å². The van der Waals surface area contributed by atoms with Gasteiger partial charge in [0, 0.05) is 12.0 Å². The van der Waals surface area contributed by atoms with Crippen LogP contribution in [0.4, 0.5) is 4.39 Å². The van der Waals surface area contributed by atoms with Crippen LogP contribution in [0.25, 0.3) is 0 Å². The van der Waals surface area contributed by atoms with Crippen molar-refractivity contribution in [2.75, 3.05) is 6.54 Å². The van der Waals surface area contributed by atoms with E-state index in [9.17, 15) is 9.18 Å². The molecule has 3 nitrogen and oxygen atoms in total. The van der Waals surface area contributed by atoms with Gasteiger partial charge in [-0.2, -0.15) is 0 Å². The molecule has 1 aromatic carbocycles. The average molecular weight is 327 g/mol. The first-order valence-electron chi connectivity index (χ1n) is 7.95. The lowest BCUT2D eigenvalue weighted by atomic mass is 9.86. The predicted molar refractivity (Wildman–Crippen MR) is 87.7 cm³/mol. The molecule has 3 atom stereocenters. The summed E-state index contributed by atoms with van der Waals surface area (Å²) in [5, 5.41) is 6.57. The molecular weight excluding hydrogens is 303 g/mol. The summed E-state index contributed by atoms with van der Waals surface area (Å²) in [5.41, 5.74) is 2.14. The molecule has 1 aromatic rings. The normalized spacial score (nSPS) is 27.5. The van der Waals surface area contributed by atoms with Crippen molar-refractivity contribution in [2.45, 2.75) is 51.1 Å². The van der Waals surface area contributed by atoms with Crippen LogP contribution >= 0.6 is 12.4 Å². The van der Waals surface area contributed by atoms with E-state index >= 15 is 0 Å². The summed E-state index contributed by atoms with van der Waals surface area (Å²) >= 11 is 0. The van der Waals surface area contributed by atoms with Gasteiger partial charge in [0.2, 0.25) is 5.91 Å². The number of carbonyl (C=O) groups is 1. The molecule has 122 valence electrons. The molecule has 0 saturated carbocycles. The molecule has 1 aliphatic carbocycles. The fourth-order valence-corrected chi connectivity index (χ4v) is 3.59. The molecule has 1 heterocycles. The van der Waals surface area contributed by atoms with E-state index in [4.69, 9.17) is 0 Å². The summed E-state index contributed by atoms with van der Waals surface area (Å²) in [4.78, 5) is 12.5. The highest BCUT2D eigenvalue weighted by Crippen LogP contribution is 2.31. The maximum atomic E-state index is 13.3. The Morgan fingerprint density at radius 2 is 2.18 bits per heavy atom. The Hall–Kier alpha value is -1.13. The van der Waals surface area contributed by atoms with Gasteiger partial charge in [0.1, 0.15) is 5.82 Å². The van der Waals surface area contributed by atoms with E-state index in [2.05, 4.69) is 17.6 Å². The van der Waals surface area contributed by atoms with E-state index in [1.165, 1.54) is 6.07 Å². The number of fused-ring (bicyclic) bond motifs is 1. The van der Waals surface area contributed by atoms with E-state index in [-0.39, 0.29) is 36.1 Å². The molecule has 1 saturated heterocycles. The van der Waals surface area contributed by atoms with Gasteiger partial charge in [-0.05, 0) is 68.8 Å². The summed E-state index contributed by atoms with van der Waals surface area (Å²) in [5.74, 6) is 0.0745. The van der Waals surface area contributed by atoms with Crippen LogP contribution in [0.2, 0.25) is 0 Å². The van der Waals surface area contributed by atoms with E-state index < -0.39 is 0 Å². The minimum absolute atomic E-state index is 0. The molecule has 2 aliphatic rings. The van der Waals surface area contributed by atoms with Crippen LogP contribution in [0.15, 0.2) is 18.2 Å². The molecule has 2 N–H and O–H groups in total. The number of piperidine rings is 1. The second-order valence-electron chi connectivity index (χ2n) is 6.37. The zero-order chi connectivity index (χ0) is 14.8. The maximum absolute atomic E-state index is 13.3. The van der Waals surface area contributed by atoms with Gasteiger partial charge in [0.15, 0.2) is 0 Å². The number of nitrogens with one attached hydrogen (secondary N) is 2. The fraction of sp³-hybridized carbons (Fsp3) is 0.588. The van der Waals surface area contributed by atoms with Crippen LogP contribution in [0.5, 0.6) is 0 Å². The number of hydrogen-bond acceptors (Lipinski definition) is 2. The van der Waals surface area contributed by atoms with Gasteiger partial charge in [-0.1, -0.05) is 6.07 Å². The number of aryl methyl sites for hydroxylation is 1. The molecule has 1 aliphatic heterocycles. The van der Waals surface area contributed by atoms with E-state index in [1.54, 1.807) is 6.07 Å². The molecule has 0 aromatic heterocycles. The van der Waals surface area contributed by atoms with Gasteiger partial charge in [0.05, 0.1) is 6.04 Å². The number of carbonyl (C=O) groups excluding carboxylic acids is 1. The van der Waals surface area contributed by atoms with Gasteiger partial charge in [-0.3, -0.25) is 4.79 Å². The summed E-state index contributed by atoms with van der Waals surface area (Å²) < 4.78 is 13.3. The van der Waals surface area contributed by atoms with Crippen molar-refractivity contribution in [1.82, 2.24) is 10.6 Å². The van der Waals surface area contributed by atoms with Crippen LogP contribution in [0.1, 0.15) is 49.8 Å². The van der Waals surface area contributed by atoms with Gasteiger partial charge < -0.3 is 10.6 Å². The van der Waals surface area contributed by atoms with Crippen molar-refractivity contribution in [3.63, 3.8) is 0 Å². The van der Waals surface area contributed by atoms with Gasteiger partial charge in [-0.25, -0.2) is 4.39 Å². The lowest BCUT2D eigenvalue weighted by Gasteiger charge is -2.31. The zero-order valence-electron chi connectivity index (χ0n) is 12.9. The number of halogens is 2. The topological polar surface area (TPSA) is 41.1 Å². The smallest absolute Gasteiger partial charge is 0.223 e. The second kappa shape index (κ2) is 7.42. The first-order chi connectivity index (χ1) is 10.1. The summed E-state index contributed by atoms with van der Waals surface area (Å²) in [6, 6.07) is 5.39. The Labute approximate surface area is 137 Å². The minimum Gasteiger partial charge on any atom is -0.349 e. The molecule has 5 heteroatoms. The van der Waals surface area contributed by atoms with E-state index in [0.717, 1.165) is 49.8 Å². The van der Waals surface area contributed by atoms with Gasteiger partial charge >= 0.3 is 0 Å². The maximum Gasteiger partial charge on any atom is 0.223 e. The Morgan fingerprint density at radius 1 is 1.36 bits per heavy atom. The van der Waals surface area contributed by atoms with E-state index in [0.29, 0.717) is 6.04 Å². The SMILES string of the molecule is C[C@H]1C[C@@H](C(=O)NC2CCCc3cc(F)ccc32)CCN1.Cl. The van der Waals surface area contributed by atoms with Crippen molar-refractivity contribution in [1.29, 1.82) is 0 Å². The number of rotatable bonds is 2. The molecule has 1 fully saturated rings. The van der Waals surface area contributed by atoms with Crippen LogP contribution in [0, 0.1) is 11.7 Å². The summed E-state index contributed by atoms with van der Waals surface area (Å²) in [7, 11) is 0. The second-order valence-corrected chi connectivity index (χ2v) is 6.37. The number of benzene rings is 1. The number of hydrogen-bond donors (Lipinski definition) is 2. The first-order valence-corrected chi connectivity index (χ1v) is 7.95. The lowest BCUT2D eigenvalue weighted by Crippen LogP contribution is -2.43. The van der Waals surface area contributed by atoms with Crippen LogP contribution in [-0.2, 0) is 11.2 Å². The Morgan fingerprint density at radius 3 is 2.95 bits per heavy atom. The average Bonchev–Trinajstić information content (AvgIpc) is 2.47. The predicted octanol–water partition coefficient (Wildman–Crippen LogP) is 3.13. The molecular formula is C17H24ClFN2O. The molecule has 22 heavy (non-hydrogen) atoms. The lowest BCUT2D eigenvalue weighted by molar-refractivity contribution is -0.127. The minimum atomic E-state index is -0.187. The van der Waals surface area contributed by atoms with Crippen molar-refractivity contribution in [3.8, 4) is 0 Å². The summed E-state index contributed by atoms with van der Waals surface area (Å²) in [6.45, 7) is 3.03. The van der Waals surface area contributed by atoms with Crippen molar-refractivity contribution in [2.24, 2.45) is 5.92 Å². The van der Waals surface area contributed by atoms with Gasteiger partial charge in [-0.15, -0.1) is 12.4 Å². The summed E-state index contributed by atoms with van der Waals surface area (Å²) in [6.07, 6.45) is 4.66. The standard InChI is InChI=1S/C17H23FN2O.ClH/c1-11-9-13(7-8-19-11)17(21)20-16-4-2-3-12-10-14(18)5-6-15(12)16;/h5-6,10-11,13,16,19H,2-4,7-9H2,1H3,(H,20,21);1H/t11-,13-,16?;/m0./s1. The Kier molecular flexibility index (Phi) is 5.81. The molecule has 0 bridgehead atoms. The third-order valence-electron chi connectivity index (χ3n) is 4.73.